The van der Waals surface area contributed by atoms with E-state index in [4.69, 9.17) is 9.84 Å². The fourth-order valence-corrected chi connectivity index (χ4v) is 4.47. The van der Waals surface area contributed by atoms with Crippen LogP contribution >= 0.6 is 8.46 Å². The van der Waals surface area contributed by atoms with E-state index in [0.717, 1.165) is 5.56 Å². The van der Waals surface area contributed by atoms with E-state index in [-0.39, 0.29) is 38.4 Å². The van der Waals surface area contributed by atoms with Gasteiger partial charge in [-0.05, 0) is 41.8 Å². The number of aromatic nitrogens is 4. The van der Waals surface area contributed by atoms with Gasteiger partial charge in [-0.2, -0.15) is 23.3 Å². The second-order valence-electron chi connectivity index (χ2n) is 9.55. The topological polar surface area (TPSA) is 134 Å². The number of amides is 1. The van der Waals surface area contributed by atoms with Crippen LogP contribution in [-0.2, 0) is 23.4 Å². The first-order valence-corrected chi connectivity index (χ1v) is 14.0. The molecule has 4 aromatic rings. The number of methoxy groups -OCH3 is 1. The normalized spacial score (nSPS) is 11.4. The molecule has 0 saturated heterocycles. The molecular weight excluding hydrogens is 586 g/mol. The molecule has 226 valence electrons. The predicted molar refractivity (Wildman–Crippen MR) is 155 cm³/mol. The second-order valence-corrected chi connectivity index (χ2v) is 10.1. The lowest BCUT2D eigenvalue weighted by atomic mass is 10.0. The largest absolute Gasteiger partial charge is 0.495 e. The van der Waals surface area contributed by atoms with E-state index in [1.54, 1.807) is 47.4 Å². The Morgan fingerprint density at radius 1 is 1.09 bits per heavy atom. The van der Waals surface area contributed by atoms with Crippen molar-refractivity contribution in [2.24, 2.45) is 0 Å². The molecule has 11 nitrogen and oxygen atoms in total. The summed E-state index contributed by atoms with van der Waals surface area (Å²) >= 11 is 0. The van der Waals surface area contributed by atoms with E-state index in [9.17, 15) is 22.5 Å². The molecule has 0 saturated carbocycles. The molecule has 0 radical (unpaired) electrons. The summed E-state index contributed by atoms with van der Waals surface area (Å²) in [5.41, 5.74) is 1.51. The lowest BCUT2D eigenvalue weighted by Crippen LogP contribution is -2.23. The molecular formula is C28H29F3N7O4P. The number of aliphatic hydroxyl groups excluding tert-OH is 1. The Labute approximate surface area is 246 Å². The number of hydrogen-bond acceptors (Lipinski definition) is 9. The Morgan fingerprint density at radius 2 is 1.86 bits per heavy atom. The zero-order valence-electron chi connectivity index (χ0n) is 23.5. The Bertz CT molecular complexity index is 1610. The van der Waals surface area contributed by atoms with Crippen molar-refractivity contribution in [1.29, 1.82) is 0 Å². The number of anilines is 4. The minimum atomic E-state index is -4.80. The van der Waals surface area contributed by atoms with Crippen molar-refractivity contribution in [1.82, 2.24) is 24.6 Å². The predicted octanol–water partition coefficient (Wildman–Crippen LogP) is 5.73. The number of rotatable bonds is 12. The highest BCUT2D eigenvalue weighted by Gasteiger charge is 2.36. The van der Waals surface area contributed by atoms with E-state index in [2.05, 4.69) is 25.7 Å². The second kappa shape index (κ2) is 13.6. The Hall–Kier alpha value is -4.55. The SMILES string of the molecule is COc1cc(CP=O)ccc1Nc1ncc(C(F)(F)F)c(Nc2ccc(-c3cnn(CCCO)c3)cc2C(=O)N(C)C)n1. The third kappa shape index (κ3) is 7.65. The van der Waals surface area contributed by atoms with E-state index in [1.165, 1.54) is 32.2 Å². The lowest BCUT2D eigenvalue weighted by molar-refractivity contribution is -0.137. The fraction of sp³-hybridized carbons (Fsp3) is 0.286. The van der Waals surface area contributed by atoms with Crippen LogP contribution in [0.5, 0.6) is 5.75 Å². The van der Waals surface area contributed by atoms with Gasteiger partial charge < -0.3 is 25.4 Å². The van der Waals surface area contributed by atoms with Crippen LogP contribution in [0, 0.1) is 0 Å². The molecule has 4 rings (SSSR count). The van der Waals surface area contributed by atoms with Gasteiger partial charge in [-0.25, -0.2) is 4.98 Å². The number of ether oxygens (including phenoxy) is 1. The molecule has 0 spiro atoms. The summed E-state index contributed by atoms with van der Waals surface area (Å²) in [6, 6.07) is 9.68. The number of benzene rings is 2. The van der Waals surface area contributed by atoms with Crippen molar-refractivity contribution >= 4 is 37.5 Å². The van der Waals surface area contributed by atoms with Gasteiger partial charge in [0.15, 0.2) is 8.46 Å². The molecule has 15 heteroatoms. The first-order valence-electron chi connectivity index (χ1n) is 13.0. The summed E-state index contributed by atoms with van der Waals surface area (Å²) < 4.78 is 60.1. The van der Waals surface area contributed by atoms with Crippen molar-refractivity contribution in [3.8, 4) is 16.9 Å². The average molecular weight is 616 g/mol. The van der Waals surface area contributed by atoms with Crippen molar-refractivity contribution in [2.75, 3.05) is 38.4 Å². The minimum Gasteiger partial charge on any atom is -0.495 e. The van der Waals surface area contributed by atoms with Crippen molar-refractivity contribution in [3.63, 3.8) is 0 Å². The smallest absolute Gasteiger partial charge is 0.421 e. The zero-order valence-corrected chi connectivity index (χ0v) is 24.4. The van der Waals surface area contributed by atoms with Gasteiger partial charge in [0, 0.05) is 45.2 Å². The van der Waals surface area contributed by atoms with E-state index in [1.807, 2.05) is 0 Å². The van der Waals surface area contributed by atoms with Gasteiger partial charge in [0.1, 0.15) is 17.1 Å². The van der Waals surface area contributed by atoms with Crippen LogP contribution in [0.2, 0.25) is 0 Å². The van der Waals surface area contributed by atoms with Crippen LogP contribution in [-0.4, -0.2) is 63.5 Å². The summed E-state index contributed by atoms with van der Waals surface area (Å²) in [5.74, 6) is -0.812. The molecule has 1 amide bonds. The summed E-state index contributed by atoms with van der Waals surface area (Å²) in [4.78, 5) is 22.4. The Balaban J connectivity index is 1.72. The highest BCUT2D eigenvalue weighted by molar-refractivity contribution is 7.22. The maximum absolute atomic E-state index is 14.0. The number of nitrogens with one attached hydrogen (secondary N) is 2. The van der Waals surface area contributed by atoms with Gasteiger partial charge in [-0.3, -0.25) is 14.0 Å². The zero-order chi connectivity index (χ0) is 31.1. The molecule has 43 heavy (non-hydrogen) atoms. The van der Waals surface area contributed by atoms with Crippen LogP contribution in [0.1, 0.15) is 27.9 Å². The summed E-state index contributed by atoms with van der Waals surface area (Å²) in [6.07, 6.45) is -0.00255. The molecule has 3 N–H and O–H groups in total. The number of aliphatic hydroxyl groups is 1. The number of carbonyl (C=O) groups excluding carboxylic acids is 1. The van der Waals surface area contributed by atoms with Gasteiger partial charge >= 0.3 is 6.18 Å². The lowest BCUT2D eigenvalue weighted by Gasteiger charge is -2.19. The molecule has 0 fully saturated rings. The van der Waals surface area contributed by atoms with E-state index < -0.39 is 23.5 Å². The first kappa shape index (κ1) is 31.4. The van der Waals surface area contributed by atoms with Crippen LogP contribution in [0.15, 0.2) is 55.0 Å². The molecule has 0 aliphatic heterocycles. The van der Waals surface area contributed by atoms with Crippen LogP contribution in [0.3, 0.4) is 0 Å². The standard InChI is InChI=1S/C28H29F3N7O4P/c1-37(2)26(40)20-12-18(19-13-33-38(15-19)9-4-10-39)6-8-22(20)34-25-21(28(29,30)31)14-32-27(36-25)35-23-7-5-17(16-43-41)11-24(23)42-3/h5-8,11-15,39H,4,9-10,16H2,1-3H3,(H2,32,34,35,36). The number of halogens is 3. The Kier molecular flexibility index (Phi) is 9.94. The maximum Gasteiger partial charge on any atom is 0.421 e. The molecule has 0 aliphatic rings. The number of carbonyl (C=O) groups is 1. The van der Waals surface area contributed by atoms with Crippen LogP contribution in [0.25, 0.3) is 11.1 Å². The van der Waals surface area contributed by atoms with Gasteiger partial charge in [-0.15, -0.1) is 0 Å². The molecule has 0 bridgehead atoms. The highest BCUT2D eigenvalue weighted by Crippen LogP contribution is 2.37. The highest BCUT2D eigenvalue weighted by atomic mass is 31.1. The first-order chi connectivity index (χ1) is 20.5. The molecule has 2 heterocycles. The molecule has 0 atom stereocenters. The summed E-state index contributed by atoms with van der Waals surface area (Å²) in [5, 5.41) is 18.9. The third-order valence-electron chi connectivity index (χ3n) is 6.27. The van der Waals surface area contributed by atoms with Crippen molar-refractivity contribution in [3.05, 3.63) is 71.7 Å². The van der Waals surface area contributed by atoms with E-state index >= 15 is 0 Å². The summed E-state index contributed by atoms with van der Waals surface area (Å²) in [6.45, 7) is 0.513. The summed E-state index contributed by atoms with van der Waals surface area (Å²) in [7, 11) is 4.42. The number of alkyl halides is 3. The molecule has 0 unspecified atom stereocenters. The molecule has 0 aliphatic carbocycles. The van der Waals surface area contributed by atoms with Crippen molar-refractivity contribution in [2.45, 2.75) is 25.3 Å². The maximum atomic E-state index is 14.0. The average Bonchev–Trinajstić information content (AvgIpc) is 3.45. The quantitative estimate of drug-likeness (QED) is 0.171. The minimum absolute atomic E-state index is 0.0132. The van der Waals surface area contributed by atoms with Crippen LogP contribution < -0.4 is 15.4 Å². The Morgan fingerprint density at radius 3 is 2.53 bits per heavy atom. The van der Waals surface area contributed by atoms with Gasteiger partial charge in [0.05, 0.1) is 36.4 Å². The van der Waals surface area contributed by atoms with Gasteiger partial charge in [-0.1, -0.05) is 12.1 Å². The third-order valence-corrected chi connectivity index (χ3v) is 6.77. The van der Waals surface area contributed by atoms with Crippen LogP contribution in [0.4, 0.5) is 36.3 Å². The van der Waals surface area contributed by atoms with Gasteiger partial charge in [0.25, 0.3) is 5.91 Å². The molecule has 2 aromatic heterocycles. The van der Waals surface area contributed by atoms with Gasteiger partial charge in [0.2, 0.25) is 5.95 Å². The molecule has 2 aromatic carbocycles. The number of nitrogens with zero attached hydrogens (tertiary/aromatic N) is 5. The van der Waals surface area contributed by atoms with Crippen molar-refractivity contribution < 1.29 is 32.4 Å². The fourth-order valence-electron chi connectivity index (χ4n) is 4.12. The number of hydrogen-bond donors (Lipinski definition) is 3. The van der Waals surface area contributed by atoms with E-state index in [0.29, 0.717) is 41.7 Å². The number of aryl methyl sites for hydroxylation is 1. The monoisotopic (exact) mass is 615 g/mol.